The molecule has 0 atom stereocenters. The van der Waals surface area contributed by atoms with Gasteiger partial charge in [0.1, 0.15) is 11.3 Å². The molecule has 2 rings (SSSR count). The third kappa shape index (κ3) is 4.45. The summed E-state index contributed by atoms with van der Waals surface area (Å²) in [6, 6.07) is 2.42. The lowest BCUT2D eigenvalue weighted by atomic mass is 9.77. The molecule has 0 aromatic heterocycles. The standard InChI is InChI=1S/C21H22F4O5S/c1-20(2,3)10-8-12(26)11(21(4,5)6)7-9(10)18(27)13-14(22)16(24)19(31(28,29)30)17(25)15(13)23/h7-8,26H,1-6H3,(H,28,29,30). The maximum Gasteiger partial charge on any atom is 0.300 e. The topological polar surface area (TPSA) is 91.7 Å². The molecule has 0 bridgehead atoms. The van der Waals surface area contributed by atoms with Crippen molar-refractivity contribution >= 4 is 15.9 Å². The van der Waals surface area contributed by atoms with Gasteiger partial charge in [-0.1, -0.05) is 41.5 Å². The van der Waals surface area contributed by atoms with Crippen molar-refractivity contribution in [1.82, 2.24) is 0 Å². The van der Waals surface area contributed by atoms with Crippen LogP contribution in [0, 0.1) is 23.3 Å². The molecule has 10 heteroatoms. The van der Waals surface area contributed by atoms with E-state index in [1.807, 2.05) is 0 Å². The quantitative estimate of drug-likeness (QED) is 0.289. The summed E-state index contributed by atoms with van der Waals surface area (Å²) in [5.74, 6) is -11.0. The Morgan fingerprint density at radius 2 is 1.23 bits per heavy atom. The molecule has 0 aliphatic carbocycles. The van der Waals surface area contributed by atoms with Gasteiger partial charge >= 0.3 is 10.1 Å². The summed E-state index contributed by atoms with van der Waals surface area (Å²) in [6.07, 6.45) is 0. The molecule has 0 aliphatic rings. The fraction of sp³-hybridized carbons (Fsp3) is 0.381. The molecular formula is C21H22F4O5S. The minimum Gasteiger partial charge on any atom is -0.508 e. The van der Waals surface area contributed by atoms with Crippen LogP contribution in [0.2, 0.25) is 0 Å². The Bertz CT molecular complexity index is 1160. The van der Waals surface area contributed by atoms with Gasteiger partial charge in [-0.15, -0.1) is 0 Å². The molecule has 0 heterocycles. The van der Waals surface area contributed by atoms with Crippen LogP contribution < -0.4 is 0 Å². The zero-order chi connectivity index (χ0) is 24.3. The highest BCUT2D eigenvalue weighted by Gasteiger charge is 2.37. The van der Waals surface area contributed by atoms with Gasteiger partial charge in [-0.05, 0) is 34.1 Å². The van der Waals surface area contributed by atoms with Gasteiger partial charge in [0.2, 0.25) is 0 Å². The van der Waals surface area contributed by atoms with E-state index in [1.54, 1.807) is 41.5 Å². The number of phenolic OH excluding ortho intramolecular Hbond substituents is 1. The van der Waals surface area contributed by atoms with E-state index in [1.165, 1.54) is 12.1 Å². The van der Waals surface area contributed by atoms with Crippen molar-refractivity contribution in [3.8, 4) is 5.75 Å². The lowest BCUT2D eigenvalue weighted by Gasteiger charge is -2.27. The zero-order valence-corrected chi connectivity index (χ0v) is 18.5. The summed E-state index contributed by atoms with van der Waals surface area (Å²) < 4.78 is 88.8. The van der Waals surface area contributed by atoms with E-state index in [-0.39, 0.29) is 22.4 Å². The van der Waals surface area contributed by atoms with Crippen LogP contribution in [0.3, 0.4) is 0 Å². The molecular weight excluding hydrogens is 440 g/mol. The average molecular weight is 462 g/mol. The first-order valence-electron chi connectivity index (χ1n) is 9.06. The van der Waals surface area contributed by atoms with E-state index in [4.69, 9.17) is 4.55 Å². The van der Waals surface area contributed by atoms with Gasteiger partial charge < -0.3 is 5.11 Å². The average Bonchev–Trinajstić information content (AvgIpc) is 2.57. The molecule has 170 valence electrons. The van der Waals surface area contributed by atoms with Crippen molar-refractivity contribution < 1.29 is 40.4 Å². The summed E-state index contributed by atoms with van der Waals surface area (Å²) in [7, 11) is -5.65. The van der Waals surface area contributed by atoms with Crippen LogP contribution in [-0.2, 0) is 20.9 Å². The Labute approximate surface area is 177 Å². The van der Waals surface area contributed by atoms with Gasteiger partial charge in [-0.2, -0.15) is 8.42 Å². The molecule has 2 aromatic carbocycles. The predicted molar refractivity (Wildman–Crippen MR) is 105 cm³/mol. The van der Waals surface area contributed by atoms with Crippen LogP contribution in [-0.4, -0.2) is 23.9 Å². The second-order valence-electron chi connectivity index (χ2n) is 9.18. The minimum atomic E-state index is -5.65. The smallest absolute Gasteiger partial charge is 0.300 e. The third-order valence-corrected chi connectivity index (χ3v) is 5.58. The Morgan fingerprint density at radius 3 is 1.58 bits per heavy atom. The van der Waals surface area contributed by atoms with E-state index >= 15 is 0 Å². The van der Waals surface area contributed by atoms with E-state index in [0.717, 1.165) is 0 Å². The number of carbonyl (C=O) groups is 1. The highest BCUT2D eigenvalue weighted by Crippen LogP contribution is 2.39. The molecule has 0 aliphatic heterocycles. The van der Waals surface area contributed by atoms with Crippen LogP contribution in [0.15, 0.2) is 17.0 Å². The molecule has 5 nitrogen and oxygen atoms in total. The molecule has 0 amide bonds. The second-order valence-corrected chi connectivity index (χ2v) is 10.5. The largest absolute Gasteiger partial charge is 0.508 e. The molecule has 0 fully saturated rings. The van der Waals surface area contributed by atoms with Crippen LogP contribution in [0.4, 0.5) is 17.6 Å². The van der Waals surface area contributed by atoms with Crippen LogP contribution in [0.1, 0.15) is 68.6 Å². The first-order valence-corrected chi connectivity index (χ1v) is 10.5. The van der Waals surface area contributed by atoms with Gasteiger partial charge in [-0.3, -0.25) is 9.35 Å². The number of hydrogen-bond donors (Lipinski definition) is 2. The van der Waals surface area contributed by atoms with Crippen molar-refractivity contribution in [2.75, 3.05) is 0 Å². The number of halogens is 4. The van der Waals surface area contributed by atoms with E-state index in [0.29, 0.717) is 0 Å². The van der Waals surface area contributed by atoms with Crippen molar-refractivity contribution in [3.05, 3.63) is 57.7 Å². The highest BCUT2D eigenvalue weighted by atomic mass is 32.2. The number of ketones is 1. The lowest BCUT2D eigenvalue weighted by molar-refractivity contribution is 0.102. The maximum absolute atomic E-state index is 14.6. The number of hydrogen-bond acceptors (Lipinski definition) is 4. The number of rotatable bonds is 3. The number of carbonyl (C=O) groups excluding carboxylic acids is 1. The zero-order valence-electron chi connectivity index (χ0n) is 17.7. The lowest BCUT2D eigenvalue weighted by Crippen LogP contribution is -2.23. The monoisotopic (exact) mass is 462 g/mol. The fourth-order valence-corrected chi connectivity index (χ4v) is 3.80. The Hall–Kier alpha value is -2.46. The summed E-state index contributed by atoms with van der Waals surface area (Å²) >= 11 is 0. The van der Waals surface area contributed by atoms with E-state index in [2.05, 4.69) is 0 Å². The SMILES string of the molecule is CC(C)(C)c1cc(C(=O)c2c(F)c(F)c(S(=O)(=O)O)c(F)c2F)c(C(C)(C)C)cc1O. The van der Waals surface area contributed by atoms with E-state index in [9.17, 15) is 35.9 Å². The first kappa shape index (κ1) is 24.8. The van der Waals surface area contributed by atoms with Gasteiger partial charge in [-0.25, -0.2) is 17.6 Å². The number of phenols is 1. The van der Waals surface area contributed by atoms with Crippen molar-refractivity contribution in [2.45, 2.75) is 57.3 Å². The highest BCUT2D eigenvalue weighted by molar-refractivity contribution is 7.85. The Kier molecular flexibility index (Phi) is 6.08. The molecule has 0 unspecified atom stereocenters. The van der Waals surface area contributed by atoms with Crippen molar-refractivity contribution in [1.29, 1.82) is 0 Å². The molecule has 2 aromatic rings. The van der Waals surface area contributed by atoms with Crippen LogP contribution in [0.25, 0.3) is 0 Å². The van der Waals surface area contributed by atoms with Crippen molar-refractivity contribution in [2.24, 2.45) is 0 Å². The third-order valence-electron chi connectivity index (χ3n) is 4.70. The summed E-state index contributed by atoms with van der Waals surface area (Å²) in [6.45, 7) is 10.0. The molecule has 0 saturated carbocycles. The second kappa shape index (κ2) is 7.59. The Morgan fingerprint density at radius 1 is 0.806 bits per heavy atom. The predicted octanol–water partition coefficient (Wildman–Crippen LogP) is 5.02. The number of benzene rings is 2. The van der Waals surface area contributed by atoms with Gasteiger partial charge in [0.15, 0.2) is 33.9 Å². The van der Waals surface area contributed by atoms with Gasteiger partial charge in [0.05, 0.1) is 0 Å². The summed E-state index contributed by atoms with van der Waals surface area (Å²) in [5.41, 5.74) is -3.15. The van der Waals surface area contributed by atoms with Crippen molar-refractivity contribution in [3.63, 3.8) is 0 Å². The normalized spacial score (nSPS) is 12.9. The molecule has 2 N–H and O–H groups in total. The van der Waals surface area contributed by atoms with Crippen LogP contribution in [0.5, 0.6) is 5.75 Å². The number of aromatic hydroxyl groups is 1. The first-order chi connectivity index (χ1) is 13.8. The minimum absolute atomic E-state index is 0.140. The van der Waals surface area contributed by atoms with Gasteiger partial charge in [0.25, 0.3) is 0 Å². The molecule has 0 spiro atoms. The summed E-state index contributed by atoms with van der Waals surface area (Å²) in [4.78, 5) is 10.9. The van der Waals surface area contributed by atoms with Gasteiger partial charge in [0, 0.05) is 5.56 Å². The fourth-order valence-electron chi connectivity index (χ4n) is 3.17. The molecule has 0 radical (unpaired) electrons. The maximum atomic E-state index is 14.6. The molecule has 31 heavy (non-hydrogen) atoms. The Balaban J connectivity index is 2.96. The van der Waals surface area contributed by atoms with Crippen LogP contribution >= 0.6 is 0 Å². The molecule has 0 saturated heterocycles. The van der Waals surface area contributed by atoms with E-state index < -0.39 is 60.5 Å². The summed E-state index contributed by atoms with van der Waals surface area (Å²) in [5, 5.41) is 10.4.